The second-order valence-electron chi connectivity index (χ2n) is 7.24. The highest BCUT2D eigenvalue weighted by molar-refractivity contribution is 7.99. The number of aromatic nitrogens is 4. The summed E-state index contributed by atoms with van der Waals surface area (Å²) >= 11 is 7.10. The molecule has 1 amide bonds. The van der Waals surface area contributed by atoms with Crippen LogP contribution in [0.15, 0.2) is 58.6 Å². The molecular weight excluding hydrogens is 472 g/mol. The van der Waals surface area contributed by atoms with Gasteiger partial charge in [-0.25, -0.2) is 8.42 Å². The smallest absolute Gasteiger partial charge is 0.243 e. The molecule has 12 heteroatoms. The van der Waals surface area contributed by atoms with Crippen LogP contribution in [-0.4, -0.2) is 75.7 Å². The van der Waals surface area contributed by atoms with E-state index in [-0.39, 0.29) is 29.6 Å². The Labute approximate surface area is 195 Å². The largest absolute Gasteiger partial charge is 0.339 e. The molecule has 4 rings (SSSR count). The predicted octanol–water partition coefficient (Wildman–Crippen LogP) is 2.25. The SMILES string of the molecule is Cc1ccc(-n2nnnc2SCC(=O)N2CCN(S(=O)(=O)c3ccc(Cl)cc3)CC2)cc1. The third-order valence-corrected chi connectivity index (χ3v) is 8.16. The standard InChI is InChI=1S/C20H21ClN6O3S2/c1-15-2-6-17(7-3-15)27-20(22-23-24-27)31-14-19(28)25-10-12-26(13-11-25)32(29,30)18-8-4-16(21)5-9-18/h2-9H,10-14H2,1H3. The van der Waals surface area contributed by atoms with Gasteiger partial charge in [-0.2, -0.15) is 8.99 Å². The number of amides is 1. The van der Waals surface area contributed by atoms with E-state index in [4.69, 9.17) is 11.6 Å². The number of tetrazole rings is 1. The van der Waals surface area contributed by atoms with Gasteiger partial charge >= 0.3 is 0 Å². The first kappa shape index (κ1) is 22.7. The second kappa shape index (κ2) is 9.57. The molecular formula is C20H21ClN6O3S2. The molecule has 1 fully saturated rings. The zero-order valence-corrected chi connectivity index (χ0v) is 19.6. The lowest BCUT2D eigenvalue weighted by atomic mass is 10.2. The average Bonchev–Trinajstić information content (AvgIpc) is 3.27. The van der Waals surface area contributed by atoms with Gasteiger partial charge in [-0.1, -0.05) is 41.1 Å². The molecule has 0 atom stereocenters. The van der Waals surface area contributed by atoms with E-state index in [2.05, 4.69) is 15.5 Å². The summed E-state index contributed by atoms with van der Waals surface area (Å²) in [4.78, 5) is 14.6. The van der Waals surface area contributed by atoms with Crippen LogP contribution in [0.2, 0.25) is 5.02 Å². The molecule has 2 aromatic carbocycles. The number of hydrogen-bond donors (Lipinski definition) is 0. The lowest BCUT2D eigenvalue weighted by molar-refractivity contribution is -0.129. The van der Waals surface area contributed by atoms with E-state index in [1.54, 1.807) is 21.7 Å². The van der Waals surface area contributed by atoms with Gasteiger partial charge < -0.3 is 4.90 Å². The highest BCUT2D eigenvalue weighted by Crippen LogP contribution is 2.22. The molecule has 1 aliphatic heterocycles. The maximum Gasteiger partial charge on any atom is 0.243 e. The van der Waals surface area contributed by atoms with Gasteiger partial charge in [0.05, 0.1) is 16.3 Å². The molecule has 0 radical (unpaired) electrons. The number of rotatable bonds is 6. The van der Waals surface area contributed by atoms with E-state index in [9.17, 15) is 13.2 Å². The Kier molecular flexibility index (Phi) is 6.79. The number of nitrogens with zero attached hydrogens (tertiary/aromatic N) is 6. The first-order valence-electron chi connectivity index (χ1n) is 9.86. The summed E-state index contributed by atoms with van der Waals surface area (Å²) in [5.41, 5.74) is 1.94. The van der Waals surface area contributed by atoms with Crippen molar-refractivity contribution >= 4 is 39.3 Å². The van der Waals surface area contributed by atoms with Crippen molar-refractivity contribution in [3.05, 3.63) is 59.1 Å². The lowest BCUT2D eigenvalue weighted by Crippen LogP contribution is -2.50. The molecule has 32 heavy (non-hydrogen) atoms. The molecule has 0 saturated carbocycles. The van der Waals surface area contributed by atoms with Crippen molar-refractivity contribution in [2.24, 2.45) is 0 Å². The molecule has 0 N–H and O–H groups in total. The molecule has 1 saturated heterocycles. The molecule has 168 valence electrons. The zero-order chi connectivity index (χ0) is 22.7. The van der Waals surface area contributed by atoms with Gasteiger partial charge in [0.2, 0.25) is 21.1 Å². The Balaban J connectivity index is 1.33. The number of carbonyl (C=O) groups is 1. The molecule has 0 bridgehead atoms. The van der Waals surface area contributed by atoms with Crippen LogP contribution in [0.3, 0.4) is 0 Å². The van der Waals surface area contributed by atoms with Crippen molar-refractivity contribution in [2.45, 2.75) is 17.0 Å². The number of thioether (sulfide) groups is 1. The van der Waals surface area contributed by atoms with Crippen LogP contribution >= 0.6 is 23.4 Å². The number of halogens is 1. The van der Waals surface area contributed by atoms with Crippen LogP contribution < -0.4 is 0 Å². The fourth-order valence-corrected chi connectivity index (χ4v) is 5.61. The molecule has 2 heterocycles. The maximum absolute atomic E-state index is 12.8. The Bertz CT molecular complexity index is 1190. The Morgan fingerprint density at radius 1 is 1.03 bits per heavy atom. The highest BCUT2D eigenvalue weighted by atomic mass is 35.5. The minimum Gasteiger partial charge on any atom is -0.339 e. The van der Waals surface area contributed by atoms with Gasteiger partial charge in [0.15, 0.2) is 0 Å². The van der Waals surface area contributed by atoms with Crippen LogP contribution in [0.5, 0.6) is 0 Å². The molecule has 1 aromatic heterocycles. The Morgan fingerprint density at radius 3 is 2.34 bits per heavy atom. The fourth-order valence-electron chi connectivity index (χ4n) is 3.27. The van der Waals surface area contributed by atoms with Crippen molar-refractivity contribution in [1.29, 1.82) is 0 Å². The topological polar surface area (TPSA) is 101 Å². The summed E-state index contributed by atoms with van der Waals surface area (Å²) in [5.74, 6) is 0.0768. The number of piperazine rings is 1. The molecule has 1 aliphatic rings. The summed E-state index contributed by atoms with van der Waals surface area (Å²) in [6.45, 7) is 3.13. The lowest BCUT2D eigenvalue weighted by Gasteiger charge is -2.34. The van der Waals surface area contributed by atoms with E-state index < -0.39 is 10.0 Å². The molecule has 9 nitrogen and oxygen atoms in total. The number of benzene rings is 2. The number of aryl methyl sites for hydroxylation is 1. The fraction of sp³-hybridized carbons (Fsp3) is 0.300. The third kappa shape index (κ3) is 4.96. The van der Waals surface area contributed by atoms with Crippen LogP contribution in [0.25, 0.3) is 5.69 Å². The normalized spacial score (nSPS) is 15.1. The van der Waals surface area contributed by atoms with Gasteiger partial charge in [0.1, 0.15) is 0 Å². The van der Waals surface area contributed by atoms with Crippen molar-refractivity contribution < 1.29 is 13.2 Å². The summed E-state index contributed by atoms with van der Waals surface area (Å²) in [7, 11) is -3.61. The van der Waals surface area contributed by atoms with Crippen molar-refractivity contribution in [1.82, 2.24) is 29.4 Å². The van der Waals surface area contributed by atoms with Gasteiger partial charge in [-0.15, -0.1) is 5.10 Å². The quantitative estimate of drug-likeness (QED) is 0.486. The van der Waals surface area contributed by atoms with Crippen molar-refractivity contribution in [3.8, 4) is 5.69 Å². The summed E-state index contributed by atoms with van der Waals surface area (Å²) < 4.78 is 28.6. The molecule has 0 aliphatic carbocycles. The minimum absolute atomic E-state index is 0.0861. The van der Waals surface area contributed by atoms with E-state index in [0.29, 0.717) is 23.3 Å². The summed E-state index contributed by atoms with van der Waals surface area (Å²) in [6.07, 6.45) is 0. The predicted molar refractivity (Wildman–Crippen MR) is 121 cm³/mol. The monoisotopic (exact) mass is 492 g/mol. The van der Waals surface area contributed by atoms with E-state index in [1.165, 1.54) is 28.2 Å². The summed E-state index contributed by atoms with van der Waals surface area (Å²) in [5, 5.41) is 12.7. The summed E-state index contributed by atoms with van der Waals surface area (Å²) in [6, 6.07) is 13.8. The van der Waals surface area contributed by atoms with E-state index in [0.717, 1.165) is 11.3 Å². The van der Waals surface area contributed by atoms with Crippen LogP contribution in [0.4, 0.5) is 0 Å². The van der Waals surface area contributed by atoms with Gasteiger partial charge in [-0.3, -0.25) is 4.79 Å². The second-order valence-corrected chi connectivity index (χ2v) is 10.6. The van der Waals surface area contributed by atoms with Crippen LogP contribution in [0.1, 0.15) is 5.56 Å². The van der Waals surface area contributed by atoms with Crippen LogP contribution in [-0.2, 0) is 14.8 Å². The third-order valence-electron chi connectivity index (χ3n) is 5.09. The van der Waals surface area contributed by atoms with Crippen LogP contribution in [0, 0.1) is 6.92 Å². The van der Waals surface area contributed by atoms with Gasteiger partial charge in [0, 0.05) is 31.2 Å². The average molecular weight is 493 g/mol. The Morgan fingerprint density at radius 2 is 1.69 bits per heavy atom. The van der Waals surface area contributed by atoms with Gasteiger partial charge in [-0.05, 0) is 53.7 Å². The number of hydrogen-bond acceptors (Lipinski definition) is 7. The maximum atomic E-state index is 12.8. The Hall–Kier alpha value is -2.47. The highest BCUT2D eigenvalue weighted by Gasteiger charge is 2.30. The van der Waals surface area contributed by atoms with Crippen molar-refractivity contribution in [2.75, 3.05) is 31.9 Å². The molecule has 3 aromatic rings. The first-order chi connectivity index (χ1) is 15.3. The van der Waals surface area contributed by atoms with E-state index in [1.807, 2.05) is 31.2 Å². The number of carbonyl (C=O) groups excluding carboxylic acids is 1. The number of sulfonamides is 1. The molecule has 0 unspecified atom stereocenters. The first-order valence-corrected chi connectivity index (χ1v) is 12.7. The zero-order valence-electron chi connectivity index (χ0n) is 17.3. The van der Waals surface area contributed by atoms with E-state index >= 15 is 0 Å². The van der Waals surface area contributed by atoms with Gasteiger partial charge in [0.25, 0.3) is 0 Å². The molecule has 0 spiro atoms. The van der Waals surface area contributed by atoms with Crippen molar-refractivity contribution in [3.63, 3.8) is 0 Å². The minimum atomic E-state index is -3.61.